The molecule has 0 aromatic heterocycles. The summed E-state index contributed by atoms with van der Waals surface area (Å²) in [6.07, 6.45) is 0. The molecule has 0 atom stereocenters. The van der Waals surface area contributed by atoms with Gasteiger partial charge in [0.05, 0.1) is 11.4 Å². The first-order chi connectivity index (χ1) is 8.75. The molecule has 2 aromatic carbocycles. The summed E-state index contributed by atoms with van der Waals surface area (Å²) < 4.78 is 5.62. The Kier molecular flexibility index (Phi) is 4.07. The molecule has 2 rings (SSSR count). The van der Waals surface area contributed by atoms with E-state index in [1.54, 1.807) is 0 Å². The van der Waals surface area contributed by atoms with Gasteiger partial charge in [0.2, 0.25) is 0 Å². The zero-order valence-electron chi connectivity index (χ0n) is 10.5. The van der Waals surface area contributed by atoms with Gasteiger partial charge in [-0.15, -0.1) is 0 Å². The summed E-state index contributed by atoms with van der Waals surface area (Å²) in [5, 5.41) is 3.24. The predicted molar refractivity (Wildman–Crippen MR) is 76.0 cm³/mol. The van der Waals surface area contributed by atoms with Crippen LogP contribution < -0.4 is 15.8 Å². The van der Waals surface area contributed by atoms with E-state index in [0.29, 0.717) is 6.61 Å². The van der Waals surface area contributed by atoms with Crippen molar-refractivity contribution in [1.82, 2.24) is 0 Å². The SMILES string of the molecule is Cc1ccc(OCCNc2ccccc2N)cc1. The number of para-hydroxylation sites is 2. The van der Waals surface area contributed by atoms with Crippen molar-refractivity contribution >= 4 is 11.4 Å². The molecule has 18 heavy (non-hydrogen) atoms. The van der Waals surface area contributed by atoms with Crippen LogP contribution in [0.5, 0.6) is 5.75 Å². The Labute approximate surface area is 108 Å². The number of ether oxygens (including phenoxy) is 1. The summed E-state index contributed by atoms with van der Waals surface area (Å²) in [6.45, 7) is 3.39. The second-order valence-corrected chi connectivity index (χ2v) is 4.18. The first kappa shape index (κ1) is 12.3. The molecule has 0 bridgehead atoms. The lowest BCUT2D eigenvalue weighted by atomic mass is 10.2. The third kappa shape index (κ3) is 3.42. The summed E-state index contributed by atoms with van der Waals surface area (Å²) >= 11 is 0. The molecule has 3 heteroatoms. The maximum absolute atomic E-state index is 5.83. The number of rotatable bonds is 5. The molecule has 0 spiro atoms. The number of hydrogen-bond donors (Lipinski definition) is 2. The number of nitrogen functional groups attached to an aromatic ring is 1. The Morgan fingerprint density at radius 3 is 2.50 bits per heavy atom. The Bertz CT molecular complexity index is 494. The molecule has 0 heterocycles. The molecule has 0 saturated carbocycles. The molecule has 0 aliphatic heterocycles. The van der Waals surface area contributed by atoms with Crippen LogP contribution in [0.1, 0.15) is 5.56 Å². The van der Waals surface area contributed by atoms with E-state index in [9.17, 15) is 0 Å². The van der Waals surface area contributed by atoms with Crippen LogP contribution in [-0.4, -0.2) is 13.2 Å². The van der Waals surface area contributed by atoms with Crippen molar-refractivity contribution in [2.75, 3.05) is 24.2 Å². The number of anilines is 2. The van der Waals surface area contributed by atoms with Gasteiger partial charge >= 0.3 is 0 Å². The van der Waals surface area contributed by atoms with E-state index in [4.69, 9.17) is 10.5 Å². The number of benzene rings is 2. The second-order valence-electron chi connectivity index (χ2n) is 4.18. The summed E-state index contributed by atoms with van der Waals surface area (Å²) in [6, 6.07) is 15.8. The van der Waals surface area contributed by atoms with Crippen molar-refractivity contribution < 1.29 is 4.74 Å². The standard InChI is InChI=1S/C15H18N2O/c1-12-6-8-13(9-7-12)18-11-10-17-15-5-3-2-4-14(15)16/h2-9,17H,10-11,16H2,1H3. The van der Waals surface area contributed by atoms with Crippen LogP contribution in [0.15, 0.2) is 48.5 Å². The zero-order valence-corrected chi connectivity index (χ0v) is 10.5. The number of nitrogens with two attached hydrogens (primary N) is 1. The highest BCUT2D eigenvalue weighted by molar-refractivity contribution is 5.65. The van der Waals surface area contributed by atoms with Gasteiger partial charge in [-0.3, -0.25) is 0 Å². The van der Waals surface area contributed by atoms with Crippen molar-refractivity contribution in [3.63, 3.8) is 0 Å². The van der Waals surface area contributed by atoms with E-state index in [1.165, 1.54) is 5.56 Å². The Morgan fingerprint density at radius 2 is 1.78 bits per heavy atom. The molecule has 0 aliphatic rings. The van der Waals surface area contributed by atoms with Gasteiger partial charge in [-0.05, 0) is 31.2 Å². The highest BCUT2D eigenvalue weighted by Gasteiger charge is 1.96. The fourth-order valence-corrected chi connectivity index (χ4v) is 1.65. The molecule has 3 N–H and O–H groups in total. The number of aryl methyl sites for hydroxylation is 1. The van der Waals surface area contributed by atoms with Gasteiger partial charge in [0, 0.05) is 6.54 Å². The Morgan fingerprint density at radius 1 is 1.06 bits per heavy atom. The molecule has 0 saturated heterocycles. The first-order valence-corrected chi connectivity index (χ1v) is 6.03. The van der Waals surface area contributed by atoms with Crippen LogP contribution >= 0.6 is 0 Å². The number of nitrogens with one attached hydrogen (secondary N) is 1. The maximum Gasteiger partial charge on any atom is 0.119 e. The van der Waals surface area contributed by atoms with Gasteiger partial charge in [0.15, 0.2) is 0 Å². The molecular formula is C15H18N2O. The molecule has 3 nitrogen and oxygen atoms in total. The lowest BCUT2D eigenvalue weighted by Crippen LogP contribution is -2.12. The average Bonchev–Trinajstić information content (AvgIpc) is 2.39. The fourth-order valence-electron chi connectivity index (χ4n) is 1.65. The van der Waals surface area contributed by atoms with E-state index in [-0.39, 0.29) is 0 Å². The lowest BCUT2D eigenvalue weighted by molar-refractivity contribution is 0.333. The van der Waals surface area contributed by atoms with E-state index in [2.05, 4.69) is 12.2 Å². The first-order valence-electron chi connectivity index (χ1n) is 6.03. The van der Waals surface area contributed by atoms with Crippen LogP contribution in [0, 0.1) is 6.92 Å². The maximum atomic E-state index is 5.83. The normalized spacial score (nSPS) is 10.1. The molecule has 0 radical (unpaired) electrons. The number of hydrogen-bond acceptors (Lipinski definition) is 3. The molecule has 0 aliphatic carbocycles. The third-order valence-corrected chi connectivity index (χ3v) is 2.67. The fraction of sp³-hybridized carbons (Fsp3) is 0.200. The Balaban J connectivity index is 1.76. The Hall–Kier alpha value is -2.16. The minimum absolute atomic E-state index is 0.609. The highest BCUT2D eigenvalue weighted by Crippen LogP contribution is 2.16. The topological polar surface area (TPSA) is 47.3 Å². The second kappa shape index (κ2) is 5.96. The smallest absolute Gasteiger partial charge is 0.119 e. The summed E-state index contributed by atoms with van der Waals surface area (Å²) in [5.41, 5.74) is 8.77. The van der Waals surface area contributed by atoms with Gasteiger partial charge in [-0.2, -0.15) is 0 Å². The van der Waals surface area contributed by atoms with Crippen LogP contribution in [0.3, 0.4) is 0 Å². The zero-order chi connectivity index (χ0) is 12.8. The molecule has 0 unspecified atom stereocenters. The van der Waals surface area contributed by atoms with Gasteiger partial charge in [-0.1, -0.05) is 29.8 Å². The average molecular weight is 242 g/mol. The summed E-state index contributed by atoms with van der Waals surface area (Å²) in [5.74, 6) is 0.892. The van der Waals surface area contributed by atoms with E-state index >= 15 is 0 Å². The molecular weight excluding hydrogens is 224 g/mol. The summed E-state index contributed by atoms with van der Waals surface area (Å²) in [4.78, 5) is 0. The lowest BCUT2D eigenvalue weighted by Gasteiger charge is -2.10. The quantitative estimate of drug-likeness (QED) is 0.625. The van der Waals surface area contributed by atoms with Crippen molar-refractivity contribution in [1.29, 1.82) is 0 Å². The van der Waals surface area contributed by atoms with Gasteiger partial charge in [0.1, 0.15) is 12.4 Å². The van der Waals surface area contributed by atoms with Gasteiger partial charge in [-0.25, -0.2) is 0 Å². The van der Waals surface area contributed by atoms with Crippen molar-refractivity contribution in [2.45, 2.75) is 6.92 Å². The molecule has 2 aromatic rings. The van der Waals surface area contributed by atoms with Crippen LogP contribution in [0.2, 0.25) is 0 Å². The molecule has 0 amide bonds. The monoisotopic (exact) mass is 242 g/mol. The van der Waals surface area contributed by atoms with Gasteiger partial charge < -0.3 is 15.8 Å². The minimum atomic E-state index is 0.609. The van der Waals surface area contributed by atoms with Crippen molar-refractivity contribution in [2.24, 2.45) is 0 Å². The van der Waals surface area contributed by atoms with Crippen LogP contribution in [0.25, 0.3) is 0 Å². The van der Waals surface area contributed by atoms with E-state index < -0.39 is 0 Å². The third-order valence-electron chi connectivity index (χ3n) is 2.67. The van der Waals surface area contributed by atoms with Gasteiger partial charge in [0.25, 0.3) is 0 Å². The molecule has 0 fully saturated rings. The van der Waals surface area contributed by atoms with Crippen LogP contribution in [0.4, 0.5) is 11.4 Å². The predicted octanol–water partition coefficient (Wildman–Crippen LogP) is 3.07. The van der Waals surface area contributed by atoms with E-state index in [1.807, 2.05) is 48.5 Å². The van der Waals surface area contributed by atoms with Crippen molar-refractivity contribution in [3.8, 4) is 5.75 Å². The van der Waals surface area contributed by atoms with Crippen LogP contribution in [-0.2, 0) is 0 Å². The minimum Gasteiger partial charge on any atom is -0.492 e. The van der Waals surface area contributed by atoms with Crippen molar-refractivity contribution in [3.05, 3.63) is 54.1 Å². The summed E-state index contributed by atoms with van der Waals surface area (Å²) in [7, 11) is 0. The molecule has 94 valence electrons. The highest BCUT2D eigenvalue weighted by atomic mass is 16.5. The van der Waals surface area contributed by atoms with E-state index in [0.717, 1.165) is 23.7 Å². The largest absolute Gasteiger partial charge is 0.492 e.